The summed E-state index contributed by atoms with van der Waals surface area (Å²) < 4.78 is 16.2. The third-order valence-corrected chi connectivity index (χ3v) is 3.11. The summed E-state index contributed by atoms with van der Waals surface area (Å²) in [7, 11) is 4.88. The Kier molecular flexibility index (Phi) is 6.61. The van der Waals surface area contributed by atoms with Gasteiger partial charge in [0.25, 0.3) is 0 Å². The molecule has 0 aliphatic carbocycles. The van der Waals surface area contributed by atoms with Crippen LogP contribution in [0, 0.1) is 5.92 Å². The van der Waals surface area contributed by atoms with E-state index < -0.39 is 0 Å². The van der Waals surface area contributed by atoms with Gasteiger partial charge in [-0.1, -0.05) is 13.8 Å². The average Bonchev–Trinajstić information content (AvgIpc) is 2.46. The normalized spacial score (nSPS) is 12.3. The Morgan fingerprint density at radius 1 is 1.05 bits per heavy atom. The zero-order valence-corrected chi connectivity index (χ0v) is 13.0. The minimum absolute atomic E-state index is 0.0202. The summed E-state index contributed by atoms with van der Waals surface area (Å²) in [6.45, 7) is 5.65. The molecule has 1 aromatic carbocycles. The van der Waals surface area contributed by atoms with E-state index in [1.165, 1.54) is 0 Å². The van der Waals surface area contributed by atoms with E-state index >= 15 is 0 Å². The molecule has 1 atom stereocenters. The van der Waals surface area contributed by atoms with Gasteiger partial charge in [0.05, 0.1) is 32.9 Å². The Bertz CT molecular complexity index is 397. The number of rotatable bonds is 8. The predicted molar refractivity (Wildman–Crippen MR) is 80.7 cm³/mol. The monoisotopic (exact) mass is 282 g/mol. The first kappa shape index (κ1) is 16.6. The van der Waals surface area contributed by atoms with Crippen LogP contribution in [0.2, 0.25) is 0 Å². The first-order chi connectivity index (χ1) is 9.57. The molecule has 0 fully saturated rings. The fourth-order valence-electron chi connectivity index (χ4n) is 2.06. The van der Waals surface area contributed by atoms with Crippen molar-refractivity contribution in [2.24, 2.45) is 11.7 Å². The lowest BCUT2D eigenvalue weighted by Crippen LogP contribution is -2.31. The third-order valence-electron chi connectivity index (χ3n) is 3.11. The second-order valence-electron chi connectivity index (χ2n) is 5.04. The fourth-order valence-corrected chi connectivity index (χ4v) is 2.06. The average molecular weight is 282 g/mol. The Morgan fingerprint density at radius 3 is 1.95 bits per heavy atom. The molecule has 20 heavy (non-hydrogen) atoms. The molecule has 0 aromatic heterocycles. The lowest BCUT2D eigenvalue weighted by molar-refractivity contribution is 0.355. The van der Waals surface area contributed by atoms with Crippen molar-refractivity contribution >= 4 is 0 Å². The van der Waals surface area contributed by atoms with Crippen LogP contribution in [0.3, 0.4) is 0 Å². The summed E-state index contributed by atoms with van der Waals surface area (Å²) in [6.07, 6.45) is 0. The van der Waals surface area contributed by atoms with Crippen molar-refractivity contribution < 1.29 is 14.2 Å². The molecule has 0 saturated carbocycles. The maximum Gasteiger partial charge on any atom is 0.131 e. The summed E-state index contributed by atoms with van der Waals surface area (Å²) in [4.78, 5) is 0. The molecule has 1 unspecified atom stereocenters. The molecule has 0 amide bonds. The molecule has 0 saturated heterocycles. The van der Waals surface area contributed by atoms with Crippen molar-refractivity contribution in [1.82, 2.24) is 5.32 Å². The molecule has 5 heteroatoms. The number of ether oxygens (including phenoxy) is 3. The van der Waals surface area contributed by atoms with Crippen LogP contribution in [-0.2, 0) is 0 Å². The largest absolute Gasteiger partial charge is 0.496 e. The highest BCUT2D eigenvalue weighted by Gasteiger charge is 2.21. The Labute approximate surface area is 121 Å². The fraction of sp³-hybridized carbons (Fsp3) is 0.600. The van der Waals surface area contributed by atoms with Crippen LogP contribution in [0.5, 0.6) is 17.2 Å². The number of methoxy groups -OCH3 is 3. The third kappa shape index (κ3) is 4.02. The van der Waals surface area contributed by atoms with E-state index in [9.17, 15) is 0 Å². The van der Waals surface area contributed by atoms with Gasteiger partial charge in [0.15, 0.2) is 0 Å². The molecule has 1 aromatic rings. The summed E-state index contributed by atoms with van der Waals surface area (Å²) in [5.74, 6) is 2.67. The van der Waals surface area contributed by atoms with Crippen molar-refractivity contribution in [3.05, 3.63) is 17.7 Å². The Balaban J connectivity index is 3.17. The van der Waals surface area contributed by atoms with Crippen molar-refractivity contribution in [2.45, 2.75) is 19.9 Å². The highest BCUT2D eigenvalue weighted by atomic mass is 16.5. The minimum Gasteiger partial charge on any atom is -0.496 e. The molecule has 114 valence electrons. The lowest BCUT2D eigenvalue weighted by Gasteiger charge is -2.23. The summed E-state index contributed by atoms with van der Waals surface area (Å²) in [6, 6.07) is 3.67. The summed E-state index contributed by atoms with van der Waals surface area (Å²) in [5, 5.41) is 3.45. The van der Waals surface area contributed by atoms with Crippen molar-refractivity contribution in [1.29, 1.82) is 0 Å². The van der Waals surface area contributed by atoms with Crippen LogP contribution in [0.15, 0.2) is 12.1 Å². The second kappa shape index (κ2) is 7.97. The molecule has 0 aliphatic rings. The Morgan fingerprint density at radius 2 is 1.60 bits per heavy atom. The number of hydrogen-bond acceptors (Lipinski definition) is 5. The van der Waals surface area contributed by atoms with Gasteiger partial charge in [0.1, 0.15) is 17.2 Å². The van der Waals surface area contributed by atoms with Gasteiger partial charge in [-0.05, 0) is 12.5 Å². The van der Waals surface area contributed by atoms with E-state index in [2.05, 4.69) is 19.2 Å². The van der Waals surface area contributed by atoms with Gasteiger partial charge in [-0.25, -0.2) is 0 Å². The van der Waals surface area contributed by atoms with E-state index in [1.807, 2.05) is 12.1 Å². The molecule has 1 rings (SSSR count). The summed E-state index contributed by atoms with van der Waals surface area (Å²) >= 11 is 0. The molecule has 0 heterocycles. The van der Waals surface area contributed by atoms with Crippen molar-refractivity contribution in [2.75, 3.05) is 34.4 Å². The quantitative estimate of drug-likeness (QED) is 0.763. The van der Waals surface area contributed by atoms with Crippen LogP contribution in [0.4, 0.5) is 0 Å². The molecule has 0 bridgehead atoms. The van der Waals surface area contributed by atoms with Gasteiger partial charge in [0, 0.05) is 18.7 Å². The first-order valence-corrected chi connectivity index (χ1v) is 6.80. The lowest BCUT2D eigenvalue weighted by atomic mass is 10.0. The minimum atomic E-state index is -0.0202. The topological polar surface area (TPSA) is 65.7 Å². The zero-order chi connectivity index (χ0) is 15.1. The smallest absolute Gasteiger partial charge is 0.131 e. The van der Waals surface area contributed by atoms with Crippen LogP contribution in [-0.4, -0.2) is 34.4 Å². The van der Waals surface area contributed by atoms with Crippen LogP contribution in [0.25, 0.3) is 0 Å². The van der Waals surface area contributed by atoms with Crippen molar-refractivity contribution in [3.63, 3.8) is 0 Å². The molecular weight excluding hydrogens is 256 g/mol. The molecule has 5 nitrogen and oxygen atoms in total. The van der Waals surface area contributed by atoms with E-state index in [0.29, 0.717) is 29.7 Å². The van der Waals surface area contributed by atoms with Crippen LogP contribution < -0.4 is 25.3 Å². The molecule has 0 radical (unpaired) electrons. The highest BCUT2D eigenvalue weighted by molar-refractivity contribution is 5.52. The predicted octanol–water partition coefficient (Wildman–Crippen LogP) is 1.96. The molecule has 0 aliphatic heterocycles. The molecule has 0 spiro atoms. The maximum absolute atomic E-state index is 5.90. The van der Waals surface area contributed by atoms with Crippen molar-refractivity contribution in [3.8, 4) is 17.2 Å². The number of hydrogen-bond donors (Lipinski definition) is 2. The molecular formula is C15H26N2O3. The van der Waals surface area contributed by atoms with Crippen LogP contribution in [0.1, 0.15) is 25.5 Å². The van der Waals surface area contributed by atoms with E-state index in [-0.39, 0.29) is 6.04 Å². The molecule has 3 N–H and O–H groups in total. The van der Waals surface area contributed by atoms with Gasteiger partial charge in [-0.2, -0.15) is 0 Å². The zero-order valence-electron chi connectivity index (χ0n) is 13.0. The second-order valence-corrected chi connectivity index (χ2v) is 5.04. The standard InChI is InChI=1S/C15H26N2O3/c1-10(2)9-17-12(8-16)15-13(19-4)6-11(18-3)7-14(15)20-5/h6-7,10,12,17H,8-9,16H2,1-5H3. The van der Waals surface area contributed by atoms with E-state index in [4.69, 9.17) is 19.9 Å². The van der Waals surface area contributed by atoms with E-state index in [1.54, 1.807) is 21.3 Å². The van der Waals surface area contributed by atoms with Gasteiger partial charge in [-0.3, -0.25) is 0 Å². The van der Waals surface area contributed by atoms with Gasteiger partial charge in [-0.15, -0.1) is 0 Å². The summed E-state index contributed by atoms with van der Waals surface area (Å²) in [5.41, 5.74) is 6.83. The Hall–Kier alpha value is -1.46. The highest BCUT2D eigenvalue weighted by Crippen LogP contribution is 2.38. The number of benzene rings is 1. The van der Waals surface area contributed by atoms with Gasteiger partial charge < -0.3 is 25.3 Å². The first-order valence-electron chi connectivity index (χ1n) is 6.80. The maximum atomic E-state index is 5.90. The van der Waals surface area contributed by atoms with E-state index in [0.717, 1.165) is 12.1 Å². The van der Waals surface area contributed by atoms with Gasteiger partial charge >= 0.3 is 0 Å². The van der Waals surface area contributed by atoms with Gasteiger partial charge in [0.2, 0.25) is 0 Å². The number of nitrogens with one attached hydrogen (secondary N) is 1. The van der Waals surface area contributed by atoms with Crippen LogP contribution >= 0.6 is 0 Å². The number of nitrogens with two attached hydrogens (primary N) is 1. The SMILES string of the molecule is COc1cc(OC)c(C(CN)NCC(C)C)c(OC)c1.